The predicted molar refractivity (Wildman–Crippen MR) is 66.2 cm³/mol. The van der Waals surface area contributed by atoms with E-state index in [1.807, 2.05) is 0 Å². The van der Waals surface area contributed by atoms with Crippen molar-refractivity contribution >= 4 is 11.6 Å². The standard InChI is InChI=1S/C12H17F2N3O/c1-3-17(7-11(18)16-2)12-9(13)4-8(6-15)5-10(12)14/h4-5H,3,6-7,15H2,1-2H3,(H,16,18). The van der Waals surface area contributed by atoms with E-state index < -0.39 is 11.6 Å². The molecule has 0 aromatic heterocycles. The van der Waals surface area contributed by atoms with Crippen LogP contribution >= 0.6 is 0 Å². The van der Waals surface area contributed by atoms with E-state index in [-0.39, 0.29) is 24.7 Å². The van der Waals surface area contributed by atoms with Crippen LogP contribution in [-0.2, 0) is 11.3 Å². The number of amides is 1. The summed E-state index contributed by atoms with van der Waals surface area (Å²) in [5, 5.41) is 2.42. The van der Waals surface area contributed by atoms with E-state index in [4.69, 9.17) is 5.73 Å². The third kappa shape index (κ3) is 3.16. The minimum atomic E-state index is -0.707. The number of carbonyl (C=O) groups excluding carboxylic acids is 1. The van der Waals surface area contributed by atoms with Gasteiger partial charge in [0.1, 0.15) is 17.3 Å². The molecule has 1 rings (SSSR count). The minimum Gasteiger partial charge on any atom is -0.358 e. The molecule has 0 aliphatic carbocycles. The van der Waals surface area contributed by atoms with Gasteiger partial charge in [0.2, 0.25) is 5.91 Å². The second-order valence-corrected chi connectivity index (χ2v) is 3.80. The molecule has 0 atom stereocenters. The maximum atomic E-state index is 13.8. The molecule has 0 saturated heterocycles. The minimum absolute atomic E-state index is 0.0652. The summed E-state index contributed by atoms with van der Waals surface area (Å²) >= 11 is 0. The zero-order valence-electron chi connectivity index (χ0n) is 10.5. The highest BCUT2D eigenvalue weighted by atomic mass is 19.1. The van der Waals surface area contributed by atoms with Gasteiger partial charge < -0.3 is 16.0 Å². The second-order valence-electron chi connectivity index (χ2n) is 3.80. The summed E-state index contributed by atoms with van der Waals surface area (Å²) in [7, 11) is 1.47. The molecule has 0 saturated carbocycles. The highest BCUT2D eigenvalue weighted by Gasteiger charge is 2.18. The topological polar surface area (TPSA) is 58.4 Å². The molecule has 0 unspecified atom stereocenters. The Balaban J connectivity index is 3.09. The number of halogens is 2. The highest BCUT2D eigenvalue weighted by Crippen LogP contribution is 2.24. The average Bonchev–Trinajstić information content (AvgIpc) is 2.35. The molecule has 1 amide bonds. The van der Waals surface area contributed by atoms with Gasteiger partial charge >= 0.3 is 0 Å². The van der Waals surface area contributed by atoms with E-state index in [1.165, 1.54) is 24.1 Å². The van der Waals surface area contributed by atoms with Crippen LogP contribution in [0.4, 0.5) is 14.5 Å². The highest BCUT2D eigenvalue weighted by molar-refractivity contribution is 5.81. The molecule has 4 nitrogen and oxygen atoms in total. The molecule has 18 heavy (non-hydrogen) atoms. The Morgan fingerprint density at radius 2 is 1.94 bits per heavy atom. The maximum absolute atomic E-state index is 13.8. The lowest BCUT2D eigenvalue weighted by molar-refractivity contribution is -0.119. The Labute approximate surface area is 105 Å². The molecule has 0 aliphatic rings. The van der Waals surface area contributed by atoms with E-state index >= 15 is 0 Å². The van der Waals surface area contributed by atoms with Gasteiger partial charge in [-0.1, -0.05) is 0 Å². The Morgan fingerprint density at radius 1 is 1.39 bits per heavy atom. The van der Waals surface area contributed by atoms with Crippen molar-refractivity contribution in [3.63, 3.8) is 0 Å². The Bertz CT molecular complexity index is 414. The lowest BCUT2D eigenvalue weighted by Gasteiger charge is -2.23. The van der Waals surface area contributed by atoms with Gasteiger partial charge in [0, 0.05) is 20.1 Å². The van der Waals surface area contributed by atoms with Crippen LogP contribution in [0.3, 0.4) is 0 Å². The Kier molecular flexibility index (Phi) is 5.03. The summed E-state index contributed by atoms with van der Waals surface area (Å²) in [5.41, 5.74) is 5.52. The van der Waals surface area contributed by atoms with Crippen LogP contribution < -0.4 is 16.0 Å². The lowest BCUT2D eigenvalue weighted by atomic mass is 10.1. The smallest absolute Gasteiger partial charge is 0.239 e. The molecule has 0 heterocycles. The van der Waals surface area contributed by atoms with E-state index in [0.717, 1.165) is 0 Å². The molecule has 3 N–H and O–H groups in total. The van der Waals surface area contributed by atoms with Crippen molar-refractivity contribution < 1.29 is 13.6 Å². The number of nitrogens with zero attached hydrogens (tertiary/aromatic N) is 1. The van der Waals surface area contributed by atoms with E-state index in [2.05, 4.69) is 5.32 Å². The van der Waals surface area contributed by atoms with Crippen LogP contribution in [0.5, 0.6) is 0 Å². The van der Waals surface area contributed by atoms with Gasteiger partial charge in [-0.3, -0.25) is 4.79 Å². The number of nitrogens with one attached hydrogen (secondary N) is 1. The molecule has 1 aromatic carbocycles. The Morgan fingerprint density at radius 3 is 2.33 bits per heavy atom. The summed E-state index contributed by atoms with van der Waals surface area (Å²) in [6.07, 6.45) is 0. The fourth-order valence-corrected chi connectivity index (χ4v) is 1.64. The zero-order valence-corrected chi connectivity index (χ0v) is 10.5. The third-order valence-corrected chi connectivity index (χ3v) is 2.62. The summed E-state index contributed by atoms with van der Waals surface area (Å²) < 4.78 is 27.6. The molecule has 0 spiro atoms. The van der Waals surface area contributed by atoms with Gasteiger partial charge in [-0.15, -0.1) is 0 Å². The van der Waals surface area contributed by atoms with Crippen molar-refractivity contribution in [1.82, 2.24) is 5.32 Å². The molecule has 0 radical (unpaired) electrons. The van der Waals surface area contributed by atoms with Gasteiger partial charge in [0.25, 0.3) is 0 Å². The first kappa shape index (κ1) is 14.4. The van der Waals surface area contributed by atoms with E-state index in [9.17, 15) is 13.6 Å². The number of hydrogen-bond acceptors (Lipinski definition) is 3. The average molecular weight is 257 g/mol. The predicted octanol–water partition coefficient (Wildman–Crippen LogP) is 0.996. The van der Waals surface area contributed by atoms with Crippen LogP contribution in [-0.4, -0.2) is 26.0 Å². The zero-order chi connectivity index (χ0) is 13.7. The van der Waals surface area contributed by atoms with Gasteiger partial charge in [0.15, 0.2) is 0 Å². The number of benzene rings is 1. The second kappa shape index (κ2) is 6.30. The molecular formula is C12H17F2N3O. The number of carbonyl (C=O) groups is 1. The summed E-state index contributed by atoms with van der Waals surface area (Å²) in [4.78, 5) is 12.6. The first-order chi connectivity index (χ1) is 8.53. The van der Waals surface area contributed by atoms with Gasteiger partial charge in [-0.25, -0.2) is 8.78 Å². The van der Waals surface area contributed by atoms with Crippen LogP contribution in [0.1, 0.15) is 12.5 Å². The number of anilines is 1. The lowest BCUT2D eigenvalue weighted by Crippen LogP contribution is -2.36. The molecule has 0 aliphatic heterocycles. The van der Waals surface area contributed by atoms with Gasteiger partial charge in [-0.05, 0) is 24.6 Å². The quantitative estimate of drug-likeness (QED) is 0.827. The van der Waals surface area contributed by atoms with Crippen LogP contribution in [0, 0.1) is 11.6 Å². The normalized spacial score (nSPS) is 10.3. The monoisotopic (exact) mass is 257 g/mol. The fraction of sp³-hybridized carbons (Fsp3) is 0.417. The summed E-state index contributed by atoms with van der Waals surface area (Å²) in [6.45, 7) is 2.01. The molecular weight excluding hydrogens is 240 g/mol. The van der Waals surface area contributed by atoms with Crippen molar-refractivity contribution in [2.45, 2.75) is 13.5 Å². The van der Waals surface area contributed by atoms with Crippen molar-refractivity contribution in [3.8, 4) is 0 Å². The summed E-state index contributed by atoms with van der Waals surface area (Å²) in [5.74, 6) is -1.72. The fourth-order valence-electron chi connectivity index (χ4n) is 1.64. The number of nitrogens with two attached hydrogens (primary N) is 1. The molecule has 0 bridgehead atoms. The van der Waals surface area contributed by atoms with Gasteiger partial charge in [-0.2, -0.15) is 0 Å². The SMILES string of the molecule is CCN(CC(=O)NC)c1c(F)cc(CN)cc1F. The largest absolute Gasteiger partial charge is 0.358 e. The summed E-state index contributed by atoms with van der Waals surface area (Å²) in [6, 6.07) is 2.37. The van der Waals surface area contributed by atoms with Crippen molar-refractivity contribution in [1.29, 1.82) is 0 Å². The van der Waals surface area contributed by atoms with Crippen LogP contribution in [0.25, 0.3) is 0 Å². The number of likely N-dealkylation sites (N-methyl/N-ethyl adjacent to an activating group) is 2. The Hall–Kier alpha value is -1.69. The first-order valence-electron chi connectivity index (χ1n) is 5.67. The van der Waals surface area contributed by atoms with Crippen LogP contribution in [0.2, 0.25) is 0 Å². The van der Waals surface area contributed by atoms with Crippen molar-refractivity contribution in [3.05, 3.63) is 29.3 Å². The van der Waals surface area contributed by atoms with Crippen molar-refractivity contribution in [2.24, 2.45) is 5.73 Å². The molecule has 0 fully saturated rings. The van der Waals surface area contributed by atoms with Crippen LogP contribution in [0.15, 0.2) is 12.1 Å². The van der Waals surface area contributed by atoms with E-state index in [1.54, 1.807) is 6.92 Å². The first-order valence-corrected chi connectivity index (χ1v) is 5.67. The maximum Gasteiger partial charge on any atom is 0.239 e. The van der Waals surface area contributed by atoms with Gasteiger partial charge in [0.05, 0.1) is 6.54 Å². The number of hydrogen-bond donors (Lipinski definition) is 2. The molecule has 1 aromatic rings. The number of rotatable bonds is 5. The molecule has 100 valence electrons. The third-order valence-electron chi connectivity index (χ3n) is 2.62. The van der Waals surface area contributed by atoms with Crippen molar-refractivity contribution in [2.75, 3.05) is 25.0 Å². The molecule has 6 heteroatoms. The van der Waals surface area contributed by atoms with E-state index in [0.29, 0.717) is 12.1 Å².